The van der Waals surface area contributed by atoms with Gasteiger partial charge in [0.1, 0.15) is 17.9 Å². The van der Waals surface area contributed by atoms with Crippen molar-refractivity contribution in [3.05, 3.63) is 88.0 Å². The Labute approximate surface area is 154 Å². The third-order valence-electron chi connectivity index (χ3n) is 4.08. The molecule has 1 aliphatic rings. The van der Waals surface area contributed by atoms with Crippen molar-refractivity contribution in [2.75, 3.05) is 5.32 Å². The van der Waals surface area contributed by atoms with Crippen molar-refractivity contribution < 1.29 is 19.2 Å². The molecule has 7 nitrogen and oxygen atoms in total. The predicted molar refractivity (Wildman–Crippen MR) is 98.3 cm³/mol. The first-order chi connectivity index (χ1) is 13.1. The van der Waals surface area contributed by atoms with E-state index in [2.05, 4.69) is 5.32 Å². The smallest absolute Gasteiger partial charge is 0.276 e. The molecule has 0 bridgehead atoms. The van der Waals surface area contributed by atoms with Crippen LogP contribution < -0.4 is 14.8 Å². The number of amides is 1. The van der Waals surface area contributed by atoms with Crippen LogP contribution in [0, 0.1) is 10.1 Å². The zero-order chi connectivity index (χ0) is 18.8. The van der Waals surface area contributed by atoms with Gasteiger partial charge in [-0.3, -0.25) is 14.9 Å². The van der Waals surface area contributed by atoms with Crippen LogP contribution in [-0.2, 0) is 6.61 Å². The molecule has 27 heavy (non-hydrogen) atoms. The number of non-ortho nitro benzene ring substituents is 1. The average Bonchev–Trinajstić information content (AvgIpc) is 2.82. The summed E-state index contributed by atoms with van der Waals surface area (Å²) in [5.41, 5.74) is 1.25. The standard InChI is InChI=1S/C20H14N2O5/c23-20-19-17(26-12-13-6-2-1-3-7-13)10-14(22(24)25)11-18(19)27-16-9-5-4-8-15(16)21-20/h1-11H,12H2,(H,21,23). The van der Waals surface area contributed by atoms with Gasteiger partial charge < -0.3 is 14.8 Å². The number of nitrogens with one attached hydrogen (secondary N) is 1. The summed E-state index contributed by atoms with van der Waals surface area (Å²) < 4.78 is 11.5. The highest BCUT2D eigenvalue weighted by atomic mass is 16.6. The molecule has 0 radical (unpaired) electrons. The number of para-hydroxylation sites is 2. The molecule has 0 saturated heterocycles. The molecule has 1 heterocycles. The van der Waals surface area contributed by atoms with Gasteiger partial charge in [0.15, 0.2) is 11.5 Å². The Hall–Kier alpha value is -3.87. The normalized spacial score (nSPS) is 12.1. The number of benzene rings is 3. The number of rotatable bonds is 4. The van der Waals surface area contributed by atoms with E-state index in [1.807, 2.05) is 30.3 Å². The summed E-state index contributed by atoms with van der Waals surface area (Å²) in [5.74, 6) is 0.120. The molecule has 1 N–H and O–H groups in total. The van der Waals surface area contributed by atoms with Gasteiger partial charge in [-0.2, -0.15) is 0 Å². The van der Waals surface area contributed by atoms with Gasteiger partial charge in [0.2, 0.25) is 0 Å². The second kappa shape index (κ2) is 6.80. The largest absolute Gasteiger partial charge is 0.488 e. The minimum Gasteiger partial charge on any atom is -0.488 e. The average molecular weight is 362 g/mol. The minimum atomic E-state index is -0.548. The highest BCUT2D eigenvalue weighted by Crippen LogP contribution is 2.41. The van der Waals surface area contributed by atoms with Gasteiger partial charge in [-0.05, 0) is 17.7 Å². The van der Waals surface area contributed by atoms with Crippen LogP contribution in [0.1, 0.15) is 15.9 Å². The summed E-state index contributed by atoms with van der Waals surface area (Å²) in [6, 6.07) is 18.7. The third kappa shape index (κ3) is 3.30. The van der Waals surface area contributed by atoms with Crippen molar-refractivity contribution in [1.29, 1.82) is 0 Å². The molecule has 0 unspecified atom stereocenters. The van der Waals surface area contributed by atoms with E-state index < -0.39 is 10.8 Å². The molecular weight excluding hydrogens is 348 g/mol. The fraction of sp³-hybridized carbons (Fsp3) is 0.0500. The summed E-state index contributed by atoms with van der Waals surface area (Å²) in [4.78, 5) is 23.5. The van der Waals surface area contributed by atoms with Crippen LogP contribution in [0.3, 0.4) is 0 Å². The number of hydrogen-bond acceptors (Lipinski definition) is 5. The fourth-order valence-electron chi connectivity index (χ4n) is 2.80. The van der Waals surface area contributed by atoms with Crippen LogP contribution >= 0.6 is 0 Å². The number of nitro groups is 1. The number of carbonyl (C=O) groups is 1. The molecule has 4 rings (SSSR count). The summed E-state index contributed by atoms with van der Waals surface area (Å²) in [7, 11) is 0. The lowest BCUT2D eigenvalue weighted by Crippen LogP contribution is -2.13. The molecule has 7 heteroatoms. The highest BCUT2D eigenvalue weighted by Gasteiger charge is 2.28. The molecule has 0 spiro atoms. The molecule has 0 fully saturated rings. The zero-order valence-corrected chi connectivity index (χ0v) is 14.0. The van der Waals surface area contributed by atoms with E-state index in [0.717, 1.165) is 5.56 Å². The van der Waals surface area contributed by atoms with Crippen molar-refractivity contribution >= 4 is 17.3 Å². The lowest BCUT2D eigenvalue weighted by molar-refractivity contribution is -0.385. The van der Waals surface area contributed by atoms with Crippen LogP contribution in [0.4, 0.5) is 11.4 Å². The van der Waals surface area contributed by atoms with E-state index in [1.165, 1.54) is 12.1 Å². The van der Waals surface area contributed by atoms with Gasteiger partial charge in [0.05, 0.1) is 22.7 Å². The topological polar surface area (TPSA) is 90.7 Å². The zero-order valence-electron chi connectivity index (χ0n) is 14.0. The first-order valence-electron chi connectivity index (χ1n) is 8.19. The Kier molecular flexibility index (Phi) is 4.18. The molecule has 0 aromatic heterocycles. The van der Waals surface area contributed by atoms with Gasteiger partial charge in [-0.15, -0.1) is 0 Å². The predicted octanol–water partition coefficient (Wildman–Crippen LogP) is 4.53. The first kappa shape index (κ1) is 16.6. The van der Waals surface area contributed by atoms with Gasteiger partial charge in [-0.1, -0.05) is 42.5 Å². The van der Waals surface area contributed by atoms with E-state index >= 15 is 0 Å². The van der Waals surface area contributed by atoms with E-state index in [1.54, 1.807) is 24.3 Å². The SMILES string of the molecule is O=C1Nc2ccccc2Oc2cc([N+](=O)[O-])cc(OCc3ccccc3)c21. The van der Waals surface area contributed by atoms with E-state index in [4.69, 9.17) is 9.47 Å². The number of anilines is 1. The number of fused-ring (bicyclic) bond motifs is 2. The Morgan fingerprint density at radius 1 is 1.00 bits per heavy atom. The Balaban J connectivity index is 1.77. The second-order valence-corrected chi connectivity index (χ2v) is 5.90. The van der Waals surface area contributed by atoms with E-state index in [9.17, 15) is 14.9 Å². The van der Waals surface area contributed by atoms with Crippen LogP contribution in [0.2, 0.25) is 0 Å². The maximum Gasteiger partial charge on any atom is 0.276 e. The Morgan fingerprint density at radius 3 is 2.52 bits per heavy atom. The van der Waals surface area contributed by atoms with Gasteiger partial charge in [0.25, 0.3) is 11.6 Å². The molecule has 1 aliphatic heterocycles. The summed E-state index contributed by atoms with van der Waals surface area (Å²) >= 11 is 0. The van der Waals surface area contributed by atoms with E-state index in [-0.39, 0.29) is 29.4 Å². The van der Waals surface area contributed by atoms with Crippen LogP contribution in [0.15, 0.2) is 66.7 Å². The molecule has 134 valence electrons. The monoisotopic (exact) mass is 362 g/mol. The quantitative estimate of drug-likeness (QED) is 0.544. The van der Waals surface area contributed by atoms with Gasteiger partial charge >= 0.3 is 0 Å². The van der Waals surface area contributed by atoms with Gasteiger partial charge in [0, 0.05) is 0 Å². The molecule has 3 aromatic rings. The minimum absolute atomic E-state index is 0.0784. The number of carbonyl (C=O) groups excluding carboxylic acids is 1. The lowest BCUT2D eigenvalue weighted by Gasteiger charge is -2.13. The van der Waals surface area contributed by atoms with Crippen molar-refractivity contribution in [2.24, 2.45) is 0 Å². The fourth-order valence-corrected chi connectivity index (χ4v) is 2.80. The first-order valence-corrected chi connectivity index (χ1v) is 8.19. The highest BCUT2D eigenvalue weighted by molar-refractivity contribution is 6.10. The number of ether oxygens (including phenoxy) is 2. The van der Waals surface area contributed by atoms with Gasteiger partial charge in [-0.25, -0.2) is 0 Å². The van der Waals surface area contributed by atoms with Crippen LogP contribution in [0.25, 0.3) is 0 Å². The maximum absolute atomic E-state index is 12.7. The van der Waals surface area contributed by atoms with Crippen molar-refractivity contribution in [3.8, 4) is 17.2 Å². The molecule has 3 aromatic carbocycles. The Morgan fingerprint density at radius 2 is 1.74 bits per heavy atom. The van der Waals surface area contributed by atoms with Crippen LogP contribution in [-0.4, -0.2) is 10.8 Å². The van der Waals surface area contributed by atoms with Crippen LogP contribution in [0.5, 0.6) is 17.2 Å². The van der Waals surface area contributed by atoms with Crippen molar-refractivity contribution in [2.45, 2.75) is 6.61 Å². The maximum atomic E-state index is 12.7. The molecule has 0 aliphatic carbocycles. The molecule has 0 saturated carbocycles. The second-order valence-electron chi connectivity index (χ2n) is 5.90. The summed E-state index contributed by atoms with van der Waals surface area (Å²) in [6.07, 6.45) is 0. The number of nitro benzene ring substituents is 1. The molecule has 0 atom stereocenters. The van der Waals surface area contributed by atoms with Crippen molar-refractivity contribution in [3.63, 3.8) is 0 Å². The lowest BCUT2D eigenvalue weighted by atomic mass is 10.1. The van der Waals surface area contributed by atoms with Crippen molar-refractivity contribution in [1.82, 2.24) is 0 Å². The number of hydrogen-bond donors (Lipinski definition) is 1. The summed E-state index contributed by atoms with van der Waals surface area (Å²) in [6.45, 7) is 0.161. The van der Waals surface area contributed by atoms with E-state index in [0.29, 0.717) is 11.4 Å². The third-order valence-corrected chi connectivity index (χ3v) is 4.08. The Bertz CT molecular complexity index is 1030. The number of nitrogens with zero attached hydrogens (tertiary/aromatic N) is 1. The molecular formula is C20H14N2O5. The summed E-state index contributed by atoms with van der Waals surface area (Å²) in [5, 5.41) is 14.1. The molecule has 1 amide bonds.